The molecule has 2 fully saturated rings. The SMILES string of the molecule is [2H]C([2H])([2H])c1cc(C)c(-c2ccc(C([2H])([2H])C(C)(C)C)c[n+]2C)cc1-c1ccccc1.[2H]C([2H])([2H])c1cc(C)c(-c2ccc(C([2H])([2H])C(C)C)c[n+]2C)cc1-c1ccccc1.[2H]C([2H])([2H])c1cc(C)c(-c2ccc(C3([2H])CCCC3)c[n+]2C)cc1-c1ccccc1.[2H]C([2H])([2H])c1cc(C)c(-c2ccc(C3([2H])CCCCC3)c[n+]2C)cc1-c1ccccc1. The summed E-state index contributed by atoms with van der Waals surface area (Å²) in [5, 5.41) is 0. The van der Waals surface area contributed by atoms with E-state index in [9.17, 15) is 0 Å². The molecule has 0 radical (unpaired) electrons. The second-order valence-corrected chi connectivity index (χ2v) is 29.6. The number of benzene rings is 8. The first-order valence-corrected chi connectivity index (χ1v) is 36.9. The van der Waals surface area contributed by atoms with Crippen LogP contribution in [0.2, 0.25) is 0 Å². The number of aryl methyl sites for hydroxylation is 12. The molecular weight excluding hydrogens is 1260 g/mol. The fourth-order valence-electron chi connectivity index (χ4n) is 14.6. The number of hydrogen-bond donors (Lipinski definition) is 0. The summed E-state index contributed by atoms with van der Waals surface area (Å²) in [6.45, 7) is 8.41. The van der Waals surface area contributed by atoms with Crippen LogP contribution < -0.4 is 18.3 Å². The maximum absolute atomic E-state index is 8.94. The van der Waals surface area contributed by atoms with Crippen molar-refractivity contribution in [1.29, 1.82) is 0 Å². The third kappa shape index (κ3) is 18.8. The molecule has 12 aromatic rings. The minimum atomic E-state index is -2.22. The largest absolute Gasteiger partial charge is 0.212 e. The van der Waals surface area contributed by atoms with Crippen molar-refractivity contribution in [3.63, 3.8) is 0 Å². The van der Waals surface area contributed by atoms with E-state index in [2.05, 4.69) is 45.8 Å². The van der Waals surface area contributed by atoms with Crippen molar-refractivity contribution in [2.45, 2.75) is 172 Å². The Balaban J connectivity index is 0.000000159. The van der Waals surface area contributed by atoms with E-state index >= 15 is 0 Å². The van der Waals surface area contributed by atoms with Gasteiger partial charge < -0.3 is 0 Å². The molecule has 2 aliphatic carbocycles. The van der Waals surface area contributed by atoms with Gasteiger partial charge in [0.15, 0.2) is 24.8 Å². The lowest BCUT2D eigenvalue weighted by atomic mass is 9.84. The standard InChI is InChI=1S/C26H30N.C25H28N.C25H30N.C24H28N/c1-19-16-20(2)25(17-24(19)22-12-8-5-9-13-22)26-15-14-23(18-27(26)3)21-10-6-4-7-11-21;1-18-15-19(2)24(16-23(18)21-11-5-4-6-12-21)25-14-13-22(17-26(25)3)20-9-7-8-10-20;1-18-14-19(2)23(15-22(18)21-10-8-7-9-11-21)24-13-12-20(17-26(24)6)16-25(3,4)5;1-17(2)13-20-11-12-24(25(5)16-20)23-15-22(18(3)14-19(23)4)21-9-7-6-8-10-21/h5,8-9,12-18,21H,4,6-7,10-11H2,1-3H3;4-6,11-17,20H,7-10H2,1-3H3;7-15,17H,16H2,1-6H3;6-12,14-17H,13H2,1-5H3/q4*+1/i1D3,21D;1D3,20D;1D3,16D2;3D3,13D2. The van der Waals surface area contributed by atoms with Crippen LogP contribution in [-0.4, -0.2) is 0 Å². The van der Waals surface area contributed by atoms with Crippen LogP contribution in [0.3, 0.4) is 0 Å². The van der Waals surface area contributed by atoms with Gasteiger partial charge in [0.1, 0.15) is 28.2 Å². The van der Waals surface area contributed by atoms with Gasteiger partial charge in [-0.15, -0.1) is 0 Å². The second-order valence-electron chi connectivity index (χ2n) is 29.6. The maximum Gasteiger partial charge on any atom is 0.212 e. The monoisotopic (exact) mass is 1390 g/mol. The molecule has 532 valence electrons. The number of nitrogens with zero attached hydrogens (tertiary/aromatic N) is 4. The van der Waals surface area contributed by atoms with Crippen LogP contribution in [0.25, 0.3) is 89.5 Å². The molecule has 0 amide bonds. The van der Waals surface area contributed by atoms with Crippen LogP contribution in [0, 0.1) is 66.4 Å². The average Bonchev–Trinajstić information content (AvgIpc) is 0.874. The number of aromatic nitrogens is 4. The highest BCUT2D eigenvalue weighted by Crippen LogP contribution is 2.39. The van der Waals surface area contributed by atoms with Gasteiger partial charge in [0, 0.05) is 93.4 Å². The van der Waals surface area contributed by atoms with E-state index in [4.69, 9.17) is 24.7 Å². The van der Waals surface area contributed by atoms with E-state index in [1.807, 2.05) is 294 Å². The lowest BCUT2D eigenvalue weighted by Crippen LogP contribution is -2.32. The Bertz CT molecular complexity index is 5540. The van der Waals surface area contributed by atoms with Crippen molar-refractivity contribution in [3.05, 3.63) is 310 Å². The molecule has 2 aliphatic rings. The molecule has 104 heavy (non-hydrogen) atoms. The molecule has 4 nitrogen and oxygen atoms in total. The lowest BCUT2D eigenvalue weighted by Gasteiger charge is -2.21. The highest BCUT2D eigenvalue weighted by atomic mass is 14.9. The van der Waals surface area contributed by atoms with Crippen LogP contribution in [0.4, 0.5) is 0 Å². The fourth-order valence-corrected chi connectivity index (χ4v) is 14.6. The van der Waals surface area contributed by atoms with E-state index < -0.39 is 57.4 Å². The number of rotatable bonds is 13. The molecule has 0 aliphatic heterocycles. The maximum atomic E-state index is 8.94. The quantitative estimate of drug-likeness (QED) is 0.102. The van der Waals surface area contributed by atoms with E-state index in [1.54, 1.807) is 12.1 Å². The number of pyridine rings is 4. The summed E-state index contributed by atoms with van der Waals surface area (Å²) in [5.41, 5.74) is 22.0. The Kier molecular flexibility index (Phi) is 18.1. The Morgan fingerprint density at radius 3 is 0.904 bits per heavy atom. The molecule has 4 aromatic heterocycles. The Labute approximate surface area is 651 Å². The number of hydrogen-bond acceptors (Lipinski definition) is 0. The molecule has 0 spiro atoms. The zero-order chi connectivity index (χ0) is 89.2. The third-order valence-electron chi connectivity index (χ3n) is 19.9. The van der Waals surface area contributed by atoms with Crippen molar-refractivity contribution in [1.82, 2.24) is 0 Å². The zero-order valence-electron chi connectivity index (χ0n) is 81.3. The summed E-state index contributed by atoms with van der Waals surface area (Å²) in [7, 11) is 7.83. The van der Waals surface area contributed by atoms with Crippen LogP contribution in [0.1, 0.15) is 196 Å². The normalized spacial score (nSPS) is 17.1. The molecule has 0 N–H and O–H groups in total. The summed E-state index contributed by atoms with van der Waals surface area (Å²) >= 11 is 0. The second kappa shape index (κ2) is 34.3. The van der Waals surface area contributed by atoms with Crippen molar-refractivity contribution in [3.8, 4) is 89.5 Å². The summed E-state index contributed by atoms with van der Waals surface area (Å²) < 4.78 is 156. The molecule has 0 unspecified atom stereocenters. The fraction of sp³-hybridized carbons (Fsp3) is 0.320. The summed E-state index contributed by atoms with van der Waals surface area (Å²) in [5.74, 6) is -1.12. The van der Waals surface area contributed by atoms with Gasteiger partial charge in [0.2, 0.25) is 22.8 Å². The van der Waals surface area contributed by atoms with Gasteiger partial charge in [0.25, 0.3) is 0 Å². The third-order valence-corrected chi connectivity index (χ3v) is 19.9. The summed E-state index contributed by atoms with van der Waals surface area (Å²) in [4.78, 5) is 0. The van der Waals surface area contributed by atoms with E-state index in [-0.39, 0.29) is 5.92 Å². The first-order valence-electron chi connectivity index (χ1n) is 45.9. The van der Waals surface area contributed by atoms with Crippen LogP contribution in [-0.2, 0) is 40.9 Å². The molecule has 0 atom stereocenters. The van der Waals surface area contributed by atoms with Gasteiger partial charge in [-0.1, -0.05) is 212 Å². The molecule has 4 heterocycles. The lowest BCUT2D eigenvalue weighted by molar-refractivity contribution is -0.661. The van der Waals surface area contributed by atoms with E-state index in [0.29, 0.717) is 44.5 Å². The van der Waals surface area contributed by atoms with E-state index in [1.165, 1.54) is 6.42 Å². The van der Waals surface area contributed by atoms with Crippen LogP contribution in [0.5, 0.6) is 0 Å². The van der Waals surface area contributed by atoms with Crippen molar-refractivity contribution in [2.24, 2.45) is 39.5 Å². The van der Waals surface area contributed by atoms with Crippen molar-refractivity contribution in [2.75, 3.05) is 0 Å². The first-order chi connectivity index (χ1) is 57.0. The Hall–Kier alpha value is -9.64. The molecule has 2 saturated carbocycles. The molecular formula is C100H116N4+4. The molecule has 14 rings (SSSR count). The minimum Gasteiger partial charge on any atom is -0.201 e. The van der Waals surface area contributed by atoms with Gasteiger partial charge >= 0.3 is 0 Å². The highest BCUT2D eigenvalue weighted by molar-refractivity contribution is 5.79. The van der Waals surface area contributed by atoms with Crippen molar-refractivity contribution >= 4 is 0 Å². The molecule has 0 saturated heterocycles. The van der Waals surface area contributed by atoms with Gasteiger partial charge in [-0.3, -0.25) is 0 Å². The average molecular weight is 1390 g/mol. The Morgan fingerprint density at radius 2 is 0.625 bits per heavy atom. The molecule has 8 aromatic carbocycles. The smallest absolute Gasteiger partial charge is 0.201 e. The topological polar surface area (TPSA) is 15.5 Å². The molecule has 4 heteroatoms. The van der Waals surface area contributed by atoms with Gasteiger partial charge in [-0.2, -0.15) is 0 Å². The van der Waals surface area contributed by atoms with E-state index in [0.717, 1.165) is 163 Å². The predicted molar refractivity (Wildman–Crippen MR) is 441 cm³/mol. The minimum absolute atomic E-state index is 0.145. The highest BCUT2D eigenvalue weighted by Gasteiger charge is 2.26. The Morgan fingerprint density at radius 1 is 0.346 bits per heavy atom. The van der Waals surface area contributed by atoms with Crippen LogP contribution in [0.15, 0.2) is 243 Å². The molecule has 0 bridgehead atoms. The predicted octanol–water partition coefficient (Wildman–Crippen LogP) is 24.3. The van der Waals surface area contributed by atoms with Gasteiger partial charge in [-0.25, -0.2) is 18.3 Å². The van der Waals surface area contributed by atoms with Crippen LogP contribution >= 0.6 is 0 Å². The van der Waals surface area contributed by atoms with Gasteiger partial charge in [-0.05, 0) is 254 Å². The zero-order valence-corrected chi connectivity index (χ0v) is 63.3. The first kappa shape index (κ1) is 54.9. The summed E-state index contributed by atoms with van der Waals surface area (Å²) in [6, 6.07) is 69.4. The van der Waals surface area contributed by atoms with Gasteiger partial charge in [0.05, 0.1) is 0 Å². The van der Waals surface area contributed by atoms with Crippen molar-refractivity contribution < 1.29 is 42.9 Å². The summed E-state index contributed by atoms with van der Waals surface area (Å²) in [6.07, 6.45) is 14.3.